The lowest BCUT2D eigenvalue weighted by molar-refractivity contribution is 0.0954. The molecule has 1 amide bonds. The van der Waals surface area contributed by atoms with Crippen LogP contribution in [0.2, 0.25) is 0 Å². The number of aromatic nitrogens is 1. The van der Waals surface area contributed by atoms with Gasteiger partial charge in [-0.25, -0.2) is 5.43 Å². The van der Waals surface area contributed by atoms with Crippen LogP contribution in [-0.4, -0.2) is 16.7 Å². The van der Waals surface area contributed by atoms with Crippen molar-refractivity contribution in [2.24, 2.45) is 5.10 Å². The molecule has 0 aliphatic rings. The Morgan fingerprint density at radius 1 is 0.900 bits per heavy atom. The summed E-state index contributed by atoms with van der Waals surface area (Å²) in [6.07, 6.45) is 1.75. The molecule has 0 spiro atoms. The van der Waals surface area contributed by atoms with Crippen molar-refractivity contribution < 1.29 is 4.79 Å². The van der Waals surface area contributed by atoms with Crippen molar-refractivity contribution in [3.8, 4) is 0 Å². The molecule has 0 atom stereocenters. The van der Waals surface area contributed by atoms with Crippen LogP contribution in [-0.2, 0) is 6.54 Å². The number of hydrazone groups is 1. The highest BCUT2D eigenvalue weighted by Crippen LogP contribution is 2.26. The zero-order valence-electron chi connectivity index (χ0n) is 17.5. The summed E-state index contributed by atoms with van der Waals surface area (Å²) in [5.41, 5.74) is 10.1. The van der Waals surface area contributed by atoms with Gasteiger partial charge in [0.25, 0.3) is 5.91 Å². The molecule has 1 heterocycles. The second-order valence-corrected chi connectivity index (χ2v) is 7.54. The summed E-state index contributed by atoms with van der Waals surface area (Å²) in [4.78, 5) is 12.5. The molecule has 0 radical (unpaired) electrons. The maximum Gasteiger partial charge on any atom is 0.271 e. The van der Waals surface area contributed by atoms with Crippen LogP contribution in [0.1, 0.15) is 38.3 Å². The second-order valence-electron chi connectivity index (χ2n) is 7.54. The Kier molecular flexibility index (Phi) is 5.48. The number of amides is 1. The van der Waals surface area contributed by atoms with E-state index in [1.807, 2.05) is 31.2 Å². The molecule has 0 fully saturated rings. The Morgan fingerprint density at radius 2 is 1.57 bits per heavy atom. The number of para-hydroxylation sites is 1. The highest BCUT2D eigenvalue weighted by Gasteiger charge is 2.13. The molecule has 0 unspecified atom stereocenters. The van der Waals surface area contributed by atoms with E-state index in [0.717, 1.165) is 34.3 Å². The number of fused-ring (bicyclic) bond motifs is 1. The Bertz CT molecular complexity index is 1250. The molecule has 1 N–H and O–H groups in total. The molecule has 0 saturated carbocycles. The predicted molar refractivity (Wildman–Crippen MR) is 123 cm³/mol. The highest BCUT2D eigenvalue weighted by atomic mass is 16.2. The summed E-state index contributed by atoms with van der Waals surface area (Å²) in [5, 5.41) is 5.39. The fraction of sp³-hybridized carbons (Fsp3) is 0.154. The summed E-state index contributed by atoms with van der Waals surface area (Å²) in [6, 6.07) is 24.3. The molecule has 1 aromatic heterocycles. The van der Waals surface area contributed by atoms with Gasteiger partial charge in [0.2, 0.25) is 0 Å². The van der Waals surface area contributed by atoms with Crippen molar-refractivity contribution in [1.29, 1.82) is 0 Å². The van der Waals surface area contributed by atoms with Gasteiger partial charge in [-0.05, 0) is 49.6 Å². The summed E-state index contributed by atoms with van der Waals surface area (Å²) < 4.78 is 2.31. The van der Waals surface area contributed by atoms with E-state index in [4.69, 9.17) is 0 Å². The van der Waals surface area contributed by atoms with Crippen LogP contribution in [0.15, 0.2) is 77.9 Å². The van der Waals surface area contributed by atoms with Gasteiger partial charge in [-0.2, -0.15) is 5.10 Å². The molecule has 4 rings (SSSR count). The smallest absolute Gasteiger partial charge is 0.271 e. The molecular weight excluding hydrogens is 370 g/mol. The Labute approximate surface area is 176 Å². The van der Waals surface area contributed by atoms with E-state index in [0.29, 0.717) is 5.56 Å². The average Bonchev–Trinajstić information content (AvgIpc) is 3.01. The van der Waals surface area contributed by atoms with Crippen LogP contribution in [0.25, 0.3) is 10.9 Å². The maximum atomic E-state index is 12.5. The number of aryl methyl sites for hydroxylation is 2. The first-order chi connectivity index (χ1) is 14.6. The number of carbonyl (C=O) groups is 1. The zero-order valence-corrected chi connectivity index (χ0v) is 17.5. The average molecular weight is 396 g/mol. The van der Waals surface area contributed by atoms with E-state index in [-0.39, 0.29) is 5.91 Å². The number of nitrogens with zero attached hydrogens (tertiary/aromatic N) is 2. The lowest BCUT2D eigenvalue weighted by atomic mass is 10.1. The SMILES string of the molecule is Cc1ccccc1Cn1c(C)c(/C=N\NC(=O)c2ccccc2C)c2ccccc21. The Hall–Kier alpha value is -3.66. The maximum absolute atomic E-state index is 12.5. The van der Waals surface area contributed by atoms with Crippen LogP contribution in [0.5, 0.6) is 0 Å². The molecule has 3 aromatic carbocycles. The third kappa shape index (κ3) is 3.77. The van der Waals surface area contributed by atoms with Gasteiger partial charge in [-0.3, -0.25) is 4.79 Å². The van der Waals surface area contributed by atoms with Crippen molar-refractivity contribution in [3.63, 3.8) is 0 Å². The van der Waals surface area contributed by atoms with Gasteiger partial charge >= 0.3 is 0 Å². The van der Waals surface area contributed by atoms with Gasteiger partial charge in [0.05, 0.1) is 6.21 Å². The van der Waals surface area contributed by atoms with Crippen molar-refractivity contribution in [2.45, 2.75) is 27.3 Å². The fourth-order valence-corrected chi connectivity index (χ4v) is 3.83. The van der Waals surface area contributed by atoms with E-state index in [1.165, 1.54) is 11.1 Å². The van der Waals surface area contributed by atoms with E-state index in [2.05, 4.69) is 71.4 Å². The largest absolute Gasteiger partial charge is 0.340 e. The fourth-order valence-electron chi connectivity index (χ4n) is 3.83. The number of carbonyl (C=O) groups excluding carboxylic acids is 1. The molecule has 4 aromatic rings. The van der Waals surface area contributed by atoms with Crippen LogP contribution < -0.4 is 5.43 Å². The molecule has 30 heavy (non-hydrogen) atoms. The Morgan fingerprint density at radius 3 is 2.33 bits per heavy atom. The van der Waals surface area contributed by atoms with Crippen LogP contribution in [0, 0.1) is 20.8 Å². The van der Waals surface area contributed by atoms with Crippen LogP contribution in [0.3, 0.4) is 0 Å². The van der Waals surface area contributed by atoms with Gasteiger partial charge in [-0.15, -0.1) is 0 Å². The molecule has 0 aliphatic carbocycles. The minimum atomic E-state index is -0.203. The molecule has 150 valence electrons. The van der Waals surface area contributed by atoms with Gasteiger partial charge in [0, 0.05) is 34.3 Å². The van der Waals surface area contributed by atoms with Crippen LogP contribution in [0.4, 0.5) is 0 Å². The molecule has 4 heteroatoms. The normalized spacial score (nSPS) is 11.3. The van der Waals surface area contributed by atoms with E-state index < -0.39 is 0 Å². The molecule has 0 saturated heterocycles. The summed E-state index contributed by atoms with van der Waals surface area (Å²) in [6.45, 7) is 6.95. The lowest BCUT2D eigenvalue weighted by Gasteiger charge is -2.11. The summed E-state index contributed by atoms with van der Waals surface area (Å²) in [7, 11) is 0. The summed E-state index contributed by atoms with van der Waals surface area (Å²) in [5.74, 6) is -0.203. The molecular formula is C26H25N3O. The number of benzene rings is 3. The van der Waals surface area contributed by atoms with E-state index in [1.54, 1.807) is 12.3 Å². The summed E-state index contributed by atoms with van der Waals surface area (Å²) >= 11 is 0. The van der Waals surface area contributed by atoms with Gasteiger partial charge in [0.1, 0.15) is 0 Å². The minimum Gasteiger partial charge on any atom is -0.340 e. The standard InChI is InChI=1S/C26H25N3O/c1-18-10-4-6-12-21(18)17-29-20(3)24(23-14-8-9-15-25(23)29)16-27-28-26(30)22-13-7-5-11-19(22)2/h4-16H,17H2,1-3H3,(H,28,30)/b27-16-. The van der Waals surface area contributed by atoms with Crippen LogP contribution >= 0.6 is 0 Å². The number of hydrogen-bond donors (Lipinski definition) is 1. The molecule has 0 bridgehead atoms. The molecule has 4 nitrogen and oxygen atoms in total. The first-order valence-electron chi connectivity index (χ1n) is 10.1. The van der Waals surface area contributed by atoms with Gasteiger partial charge < -0.3 is 4.57 Å². The molecule has 0 aliphatic heterocycles. The highest BCUT2D eigenvalue weighted by molar-refractivity contribution is 6.02. The topological polar surface area (TPSA) is 46.4 Å². The zero-order chi connectivity index (χ0) is 21.1. The first kappa shape index (κ1) is 19.6. The quantitative estimate of drug-likeness (QED) is 0.358. The minimum absolute atomic E-state index is 0.203. The Balaban J connectivity index is 1.65. The number of nitrogens with one attached hydrogen (secondary N) is 1. The van der Waals surface area contributed by atoms with Crippen molar-refractivity contribution in [2.75, 3.05) is 0 Å². The van der Waals surface area contributed by atoms with Gasteiger partial charge in [-0.1, -0.05) is 60.7 Å². The number of hydrogen-bond acceptors (Lipinski definition) is 2. The third-order valence-corrected chi connectivity index (χ3v) is 5.62. The second kappa shape index (κ2) is 8.37. The lowest BCUT2D eigenvalue weighted by Crippen LogP contribution is -2.18. The third-order valence-electron chi connectivity index (χ3n) is 5.62. The van der Waals surface area contributed by atoms with Gasteiger partial charge in [0.15, 0.2) is 0 Å². The van der Waals surface area contributed by atoms with Crippen molar-refractivity contribution >= 4 is 23.0 Å². The number of rotatable bonds is 5. The monoisotopic (exact) mass is 395 g/mol. The predicted octanol–water partition coefficient (Wildman–Crippen LogP) is 5.38. The van der Waals surface area contributed by atoms with E-state index >= 15 is 0 Å². The van der Waals surface area contributed by atoms with Crippen molar-refractivity contribution in [1.82, 2.24) is 9.99 Å². The first-order valence-corrected chi connectivity index (χ1v) is 10.1. The van der Waals surface area contributed by atoms with E-state index in [9.17, 15) is 4.79 Å². The van der Waals surface area contributed by atoms with Crippen molar-refractivity contribution in [3.05, 3.63) is 106 Å².